The average molecular weight is 358 g/mol. The number of rotatable bonds is 4. The third-order valence-electron chi connectivity index (χ3n) is 5.92. The summed E-state index contributed by atoms with van der Waals surface area (Å²) >= 11 is 0. The van der Waals surface area contributed by atoms with Gasteiger partial charge in [-0.3, -0.25) is 9.69 Å². The number of likely N-dealkylation sites (tertiary alicyclic amines) is 1. The van der Waals surface area contributed by atoms with Crippen LogP contribution < -0.4 is 5.32 Å². The zero-order valence-corrected chi connectivity index (χ0v) is 14.6. The van der Waals surface area contributed by atoms with Crippen molar-refractivity contribution in [1.29, 1.82) is 0 Å². The van der Waals surface area contributed by atoms with Crippen molar-refractivity contribution in [2.24, 2.45) is 11.8 Å². The Morgan fingerprint density at radius 1 is 1.15 bits per heavy atom. The molecule has 4 rings (SSSR count). The molecule has 2 N–H and O–H groups in total. The average Bonchev–Trinajstić information content (AvgIpc) is 3.55. The van der Waals surface area contributed by atoms with E-state index in [0.29, 0.717) is 30.4 Å². The van der Waals surface area contributed by atoms with E-state index in [1.165, 1.54) is 12.0 Å². The predicted molar refractivity (Wildman–Crippen MR) is 91.6 cm³/mol. The molecule has 0 spiro atoms. The second kappa shape index (κ2) is 6.00. The fourth-order valence-electron chi connectivity index (χ4n) is 4.05. The molecular formula is C19H22N2O5. The number of hydrogen-bond donors (Lipinski definition) is 2. The lowest BCUT2D eigenvalue weighted by Crippen LogP contribution is -2.54. The van der Waals surface area contributed by atoms with Crippen molar-refractivity contribution in [3.05, 3.63) is 35.4 Å². The lowest BCUT2D eigenvalue weighted by atomic mass is 9.99. The number of carboxylic acid groups (broad SMARTS) is 1. The second-order valence-corrected chi connectivity index (χ2v) is 7.58. The van der Waals surface area contributed by atoms with E-state index < -0.39 is 23.6 Å². The van der Waals surface area contributed by atoms with Gasteiger partial charge in [-0.05, 0) is 55.2 Å². The van der Waals surface area contributed by atoms with E-state index in [-0.39, 0.29) is 5.91 Å². The summed E-state index contributed by atoms with van der Waals surface area (Å²) in [7, 11) is 1.33. The molecule has 1 aromatic carbocycles. The molecule has 3 fully saturated rings. The standard InChI is InChI=1S/C19H22N2O5/c1-26-17(23)11-2-4-14(5-3-11)19(6-7-19)20-16(22)15-9-12-8-13(12)10-21(15)18(24)25/h2-5,12-13,15H,6-10H2,1H3,(H,20,22)(H,24,25). The van der Waals surface area contributed by atoms with Crippen molar-refractivity contribution < 1.29 is 24.2 Å². The number of nitrogens with zero attached hydrogens (tertiary/aromatic N) is 1. The van der Waals surface area contributed by atoms with Gasteiger partial charge in [0.15, 0.2) is 0 Å². The van der Waals surface area contributed by atoms with Crippen molar-refractivity contribution in [3.63, 3.8) is 0 Å². The van der Waals surface area contributed by atoms with E-state index in [1.807, 2.05) is 12.1 Å². The highest BCUT2D eigenvalue weighted by molar-refractivity contribution is 5.89. The maximum absolute atomic E-state index is 12.8. The van der Waals surface area contributed by atoms with Gasteiger partial charge in [-0.25, -0.2) is 9.59 Å². The minimum atomic E-state index is -1.03. The normalized spacial score (nSPS) is 27.9. The van der Waals surface area contributed by atoms with Crippen LogP contribution in [0.25, 0.3) is 0 Å². The molecule has 0 aromatic heterocycles. The van der Waals surface area contributed by atoms with Gasteiger partial charge in [0, 0.05) is 6.54 Å². The van der Waals surface area contributed by atoms with E-state index >= 15 is 0 Å². The van der Waals surface area contributed by atoms with Gasteiger partial charge in [0.25, 0.3) is 0 Å². The van der Waals surface area contributed by atoms with Gasteiger partial charge >= 0.3 is 12.1 Å². The van der Waals surface area contributed by atoms with Gasteiger partial charge in [0.05, 0.1) is 18.2 Å². The van der Waals surface area contributed by atoms with E-state index in [4.69, 9.17) is 4.74 Å². The van der Waals surface area contributed by atoms with Crippen molar-refractivity contribution in [2.75, 3.05) is 13.7 Å². The maximum Gasteiger partial charge on any atom is 0.407 e. The van der Waals surface area contributed by atoms with Gasteiger partial charge in [-0.15, -0.1) is 0 Å². The summed E-state index contributed by atoms with van der Waals surface area (Å²) in [4.78, 5) is 37.2. The summed E-state index contributed by atoms with van der Waals surface area (Å²) in [6.07, 6.45) is 2.22. The molecule has 26 heavy (non-hydrogen) atoms. The summed E-state index contributed by atoms with van der Waals surface area (Å²) in [6.45, 7) is 0.457. The maximum atomic E-state index is 12.8. The topological polar surface area (TPSA) is 95.9 Å². The number of nitrogens with one attached hydrogen (secondary N) is 1. The Hall–Kier alpha value is -2.57. The van der Waals surface area contributed by atoms with Crippen molar-refractivity contribution in [3.8, 4) is 0 Å². The first-order valence-electron chi connectivity index (χ1n) is 8.94. The first-order valence-corrected chi connectivity index (χ1v) is 8.94. The Kier molecular flexibility index (Phi) is 3.89. The number of methoxy groups -OCH3 is 1. The molecule has 2 aliphatic carbocycles. The minimum absolute atomic E-state index is 0.215. The van der Waals surface area contributed by atoms with Crippen molar-refractivity contribution in [2.45, 2.75) is 37.3 Å². The summed E-state index contributed by atoms with van der Waals surface area (Å²) in [5.41, 5.74) is 0.944. The number of carbonyl (C=O) groups excluding carboxylic acids is 2. The number of amides is 2. The highest BCUT2D eigenvalue weighted by Crippen LogP contribution is 2.49. The monoisotopic (exact) mass is 358 g/mol. The van der Waals surface area contributed by atoms with Crippen LogP contribution in [-0.2, 0) is 15.1 Å². The molecule has 3 unspecified atom stereocenters. The lowest BCUT2D eigenvalue weighted by molar-refractivity contribution is -0.128. The molecule has 1 heterocycles. The first-order chi connectivity index (χ1) is 12.4. The van der Waals surface area contributed by atoms with E-state index in [0.717, 1.165) is 24.8 Å². The van der Waals surface area contributed by atoms with Gasteiger partial charge < -0.3 is 15.2 Å². The summed E-state index contributed by atoms with van der Waals surface area (Å²) in [5, 5.41) is 12.5. The number of hydrogen-bond acceptors (Lipinski definition) is 4. The molecular weight excluding hydrogens is 336 g/mol. The zero-order chi connectivity index (χ0) is 18.5. The fraction of sp³-hybridized carbons (Fsp3) is 0.526. The molecule has 138 valence electrons. The molecule has 1 saturated heterocycles. The second-order valence-electron chi connectivity index (χ2n) is 7.58. The van der Waals surface area contributed by atoms with Crippen LogP contribution in [-0.4, -0.2) is 47.7 Å². The third-order valence-corrected chi connectivity index (χ3v) is 5.92. The Balaban J connectivity index is 1.48. The molecule has 7 heteroatoms. The van der Waals surface area contributed by atoms with Crippen LogP contribution >= 0.6 is 0 Å². The van der Waals surface area contributed by atoms with E-state index in [9.17, 15) is 19.5 Å². The van der Waals surface area contributed by atoms with Gasteiger partial charge in [-0.2, -0.15) is 0 Å². The van der Waals surface area contributed by atoms with E-state index in [2.05, 4.69) is 5.32 Å². The number of ether oxygens (including phenoxy) is 1. The fourth-order valence-corrected chi connectivity index (χ4v) is 4.05. The SMILES string of the molecule is COC(=O)c1ccc(C2(NC(=O)C3CC4CC4CN3C(=O)O)CC2)cc1. The highest BCUT2D eigenvalue weighted by Gasteiger charge is 2.52. The Bertz CT molecular complexity index is 756. The van der Waals surface area contributed by atoms with Crippen LogP contribution in [0.15, 0.2) is 24.3 Å². The molecule has 0 bridgehead atoms. The minimum Gasteiger partial charge on any atom is -0.465 e. The van der Waals surface area contributed by atoms with Gasteiger partial charge in [-0.1, -0.05) is 12.1 Å². The van der Waals surface area contributed by atoms with Crippen molar-refractivity contribution in [1.82, 2.24) is 10.2 Å². The number of carbonyl (C=O) groups is 3. The number of esters is 1. The Morgan fingerprint density at radius 3 is 2.42 bits per heavy atom. The molecule has 2 saturated carbocycles. The van der Waals surface area contributed by atoms with Crippen LogP contribution in [0.3, 0.4) is 0 Å². The molecule has 1 aliphatic heterocycles. The lowest BCUT2D eigenvalue weighted by Gasteiger charge is -2.33. The predicted octanol–water partition coefficient (Wildman–Crippen LogP) is 1.97. The third kappa shape index (κ3) is 2.91. The number of benzene rings is 1. The van der Waals surface area contributed by atoms with E-state index in [1.54, 1.807) is 12.1 Å². The number of fused-ring (bicyclic) bond motifs is 1. The van der Waals surface area contributed by atoms with Gasteiger partial charge in [0.2, 0.25) is 5.91 Å². The van der Waals surface area contributed by atoms with Crippen LogP contribution in [0.4, 0.5) is 4.79 Å². The summed E-state index contributed by atoms with van der Waals surface area (Å²) in [5.74, 6) is 0.294. The zero-order valence-electron chi connectivity index (χ0n) is 14.6. The van der Waals surface area contributed by atoms with Gasteiger partial charge in [0.1, 0.15) is 6.04 Å². The van der Waals surface area contributed by atoms with Crippen LogP contribution in [0.1, 0.15) is 41.6 Å². The highest BCUT2D eigenvalue weighted by atomic mass is 16.5. The smallest absolute Gasteiger partial charge is 0.407 e. The largest absolute Gasteiger partial charge is 0.465 e. The summed E-state index contributed by atoms with van der Waals surface area (Å²) in [6, 6.07) is 6.42. The number of piperidine rings is 1. The molecule has 0 radical (unpaired) electrons. The Labute approximate surface area is 151 Å². The molecule has 1 aromatic rings. The Morgan fingerprint density at radius 2 is 1.85 bits per heavy atom. The summed E-state index contributed by atoms with van der Waals surface area (Å²) < 4.78 is 4.70. The van der Waals surface area contributed by atoms with Crippen LogP contribution in [0.5, 0.6) is 0 Å². The molecule has 3 aliphatic rings. The van der Waals surface area contributed by atoms with Crippen molar-refractivity contribution >= 4 is 18.0 Å². The molecule has 7 nitrogen and oxygen atoms in total. The van der Waals surface area contributed by atoms with Crippen LogP contribution in [0, 0.1) is 11.8 Å². The van der Waals surface area contributed by atoms with Crippen LogP contribution in [0.2, 0.25) is 0 Å². The quantitative estimate of drug-likeness (QED) is 0.802. The molecule has 3 atom stereocenters. The first kappa shape index (κ1) is 16.9. The molecule has 2 amide bonds.